The number of ether oxygens (including phenoxy) is 1. The molecule has 4 heteroatoms. The fraction of sp³-hybridized carbons (Fsp3) is 0.500. The van der Waals surface area contributed by atoms with Crippen LogP contribution in [0.1, 0.15) is 24.2 Å². The number of morpholine rings is 1. The van der Waals surface area contributed by atoms with Crippen molar-refractivity contribution in [2.24, 2.45) is 0 Å². The minimum absolute atomic E-state index is 0.184. The second-order valence-electron chi connectivity index (χ2n) is 3.90. The number of aryl methyl sites for hydroxylation is 1. The van der Waals surface area contributed by atoms with E-state index >= 15 is 0 Å². The van der Waals surface area contributed by atoms with Crippen LogP contribution in [-0.2, 0) is 11.2 Å². The molecule has 1 N–H and O–H groups in total. The zero-order valence-electron chi connectivity index (χ0n) is 9.22. The van der Waals surface area contributed by atoms with Crippen LogP contribution < -0.4 is 5.32 Å². The first-order valence-corrected chi connectivity index (χ1v) is 5.90. The van der Waals surface area contributed by atoms with E-state index in [1.54, 1.807) is 6.07 Å². The van der Waals surface area contributed by atoms with Crippen molar-refractivity contribution in [3.05, 3.63) is 34.1 Å². The van der Waals surface area contributed by atoms with E-state index in [-0.39, 0.29) is 16.9 Å². The van der Waals surface area contributed by atoms with E-state index < -0.39 is 0 Å². The molecule has 0 aliphatic carbocycles. The highest BCUT2D eigenvalue weighted by Crippen LogP contribution is 2.28. The van der Waals surface area contributed by atoms with Gasteiger partial charge in [0.1, 0.15) is 5.82 Å². The highest BCUT2D eigenvalue weighted by molar-refractivity contribution is 6.30. The molecule has 2 nitrogen and oxygen atoms in total. The Bertz CT molecular complexity index is 378. The van der Waals surface area contributed by atoms with Gasteiger partial charge in [-0.15, -0.1) is 0 Å². The Hall–Kier alpha value is -0.640. The van der Waals surface area contributed by atoms with Gasteiger partial charge in [-0.3, -0.25) is 0 Å². The minimum Gasteiger partial charge on any atom is -0.371 e. The third-order valence-electron chi connectivity index (χ3n) is 2.80. The van der Waals surface area contributed by atoms with E-state index in [2.05, 4.69) is 5.32 Å². The van der Waals surface area contributed by atoms with Gasteiger partial charge >= 0.3 is 0 Å². The lowest BCUT2D eigenvalue weighted by Crippen LogP contribution is -2.33. The molecule has 0 saturated carbocycles. The van der Waals surface area contributed by atoms with Gasteiger partial charge in [-0.25, -0.2) is 4.39 Å². The quantitative estimate of drug-likeness (QED) is 0.863. The molecule has 1 aromatic carbocycles. The summed E-state index contributed by atoms with van der Waals surface area (Å²) >= 11 is 5.87. The molecule has 1 fully saturated rings. The predicted octanol–water partition coefficient (Wildman–Crippen LogP) is 2.70. The Balaban J connectivity index is 2.33. The van der Waals surface area contributed by atoms with Crippen LogP contribution in [0, 0.1) is 5.82 Å². The monoisotopic (exact) mass is 243 g/mol. The summed E-state index contributed by atoms with van der Waals surface area (Å²) in [6.45, 7) is 4.09. The fourth-order valence-corrected chi connectivity index (χ4v) is 2.12. The molecule has 2 rings (SSSR count). The van der Waals surface area contributed by atoms with Gasteiger partial charge in [0.25, 0.3) is 0 Å². The van der Waals surface area contributed by atoms with Gasteiger partial charge in [0.15, 0.2) is 0 Å². The summed E-state index contributed by atoms with van der Waals surface area (Å²) < 4.78 is 19.4. The van der Waals surface area contributed by atoms with Crippen LogP contribution in [0.15, 0.2) is 12.1 Å². The molecule has 0 spiro atoms. The first-order chi connectivity index (χ1) is 7.72. The fourth-order valence-electron chi connectivity index (χ4n) is 1.87. The number of hydrogen-bond donors (Lipinski definition) is 1. The van der Waals surface area contributed by atoms with E-state index in [1.807, 2.05) is 13.0 Å². The van der Waals surface area contributed by atoms with Crippen LogP contribution in [0.25, 0.3) is 0 Å². The summed E-state index contributed by atoms with van der Waals surface area (Å²) in [5.74, 6) is -0.354. The van der Waals surface area contributed by atoms with Crippen molar-refractivity contribution < 1.29 is 9.13 Å². The van der Waals surface area contributed by atoms with Crippen LogP contribution in [-0.4, -0.2) is 19.7 Å². The number of hydrogen-bond acceptors (Lipinski definition) is 2. The first kappa shape index (κ1) is 11.8. The number of halogens is 2. The molecule has 1 unspecified atom stereocenters. The van der Waals surface area contributed by atoms with Crippen molar-refractivity contribution in [1.82, 2.24) is 5.32 Å². The SMILES string of the molecule is CCc1cc(Cl)c(F)c(C2CNCCO2)c1. The highest BCUT2D eigenvalue weighted by atomic mass is 35.5. The van der Waals surface area contributed by atoms with Crippen LogP contribution in [0.3, 0.4) is 0 Å². The van der Waals surface area contributed by atoms with Gasteiger partial charge in [-0.1, -0.05) is 24.6 Å². The van der Waals surface area contributed by atoms with Crippen molar-refractivity contribution in [1.29, 1.82) is 0 Å². The summed E-state index contributed by atoms with van der Waals surface area (Å²) in [6, 6.07) is 3.52. The lowest BCUT2D eigenvalue weighted by atomic mass is 10.0. The summed E-state index contributed by atoms with van der Waals surface area (Å²) in [7, 11) is 0. The van der Waals surface area contributed by atoms with E-state index in [1.165, 1.54) is 0 Å². The maximum Gasteiger partial charge on any atom is 0.147 e. The van der Waals surface area contributed by atoms with Crippen LogP contribution in [0.2, 0.25) is 5.02 Å². The zero-order chi connectivity index (χ0) is 11.5. The second-order valence-corrected chi connectivity index (χ2v) is 4.31. The molecule has 0 amide bonds. The van der Waals surface area contributed by atoms with Gasteiger partial charge in [0.05, 0.1) is 17.7 Å². The minimum atomic E-state index is -0.354. The van der Waals surface area contributed by atoms with E-state index in [4.69, 9.17) is 16.3 Å². The Kier molecular flexibility index (Phi) is 3.79. The average Bonchev–Trinajstić information content (AvgIpc) is 2.33. The van der Waals surface area contributed by atoms with Crippen molar-refractivity contribution >= 4 is 11.6 Å². The first-order valence-electron chi connectivity index (χ1n) is 5.52. The third-order valence-corrected chi connectivity index (χ3v) is 3.07. The normalized spacial score (nSPS) is 21.1. The summed E-state index contributed by atoms with van der Waals surface area (Å²) in [6.07, 6.45) is 0.616. The maximum atomic E-state index is 13.9. The molecule has 0 bridgehead atoms. The molecule has 1 aliphatic rings. The Morgan fingerprint density at radius 3 is 3.00 bits per heavy atom. The molecular weight excluding hydrogens is 229 g/mol. The standard InChI is InChI=1S/C12H15ClFNO/c1-2-8-5-9(12(14)10(13)6-8)11-7-15-3-4-16-11/h5-6,11,15H,2-4,7H2,1H3. The number of benzene rings is 1. The summed E-state index contributed by atoms with van der Waals surface area (Å²) in [4.78, 5) is 0. The summed E-state index contributed by atoms with van der Waals surface area (Å²) in [5.41, 5.74) is 1.60. The Labute approximate surface area is 99.7 Å². The topological polar surface area (TPSA) is 21.3 Å². The molecule has 0 radical (unpaired) electrons. The van der Waals surface area contributed by atoms with Crippen LogP contribution in [0.4, 0.5) is 4.39 Å². The Morgan fingerprint density at radius 2 is 2.38 bits per heavy atom. The van der Waals surface area contributed by atoms with Gasteiger partial charge in [-0.05, 0) is 18.1 Å². The average molecular weight is 244 g/mol. The van der Waals surface area contributed by atoms with Crippen LogP contribution in [0.5, 0.6) is 0 Å². The van der Waals surface area contributed by atoms with E-state index in [0.717, 1.165) is 18.5 Å². The number of rotatable bonds is 2. The molecule has 1 heterocycles. The maximum absolute atomic E-state index is 13.9. The molecular formula is C12H15ClFNO. The second kappa shape index (κ2) is 5.13. The van der Waals surface area contributed by atoms with Crippen molar-refractivity contribution in [2.75, 3.05) is 19.7 Å². The smallest absolute Gasteiger partial charge is 0.147 e. The van der Waals surface area contributed by atoms with Crippen LogP contribution >= 0.6 is 11.6 Å². The van der Waals surface area contributed by atoms with Gasteiger partial charge < -0.3 is 10.1 Å². The van der Waals surface area contributed by atoms with Gasteiger partial charge in [-0.2, -0.15) is 0 Å². The predicted molar refractivity (Wildman–Crippen MR) is 62.4 cm³/mol. The van der Waals surface area contributed by atoms with Gasteiger partial charge in [0, 0.05) is 18.7 Å². The molecule has 1 aromatic rings. The molecule has 0 aromatic heterocycles. The van der Waals surface area contributed by atoms with Gasteiger partial charge in [0.2, 0.25) is 0 Å². The van der Waals surface area contributed by atoms with E-state index in [0.29, 0.717) is 18.7 Å². The zero-order valence-corrected chi connectivity index (χ0v) is 9.98. The Morgan fingerprint density at radius 1 is 1.56 bits per heavy atom. The van der Waals surface area contributed by atoms with Crippen molar-refractivity contribution in [2.45, 2.75) is 19.4 Å². The molecule has 88 valence electrons. The largest absolute Gasteiger partial charge is 0.371 e. The third kappa shape index (κ3) is 2.37. The molecule has 1 aliphatic heterocycles. The van der Waals surface area contributed by atoms with E-state index in [9.17, 15) is 4.39 Å². The lowest BCUT2D eigenvalue weighted by molar-refractivity contribution is 0.0255. The van der Waals surface area contributed by atoms with Crippen molar-refractivity contribution in [3.8, 4) is 0 Å². The summed E-state index contributed by atoms with van der Waals surface area (Å²) in [5, 5.41) is 3.37. The lowest BCUT2D eigenvalue weighted by Gasteiger charge is -2.25. The van der Waals surface area contributed by atoms with Crippen molar-refractivity contribution in [3.63, 3.8) is 0 Å². The number of nitrogens with one attached hydrogen (secondary N) is 1. The molecule has 16 heavy (non-hydrogen) atoms. The molecule has 1 saturated heterocycles. The highest BCUT2D eigenvalue weighted by Gasteiger charge is 2.21. The molecule has 1 atom stereocenters.